The highest BCUT2D eigenvalue weighted by molar-refractivity contribution is 5.94. The molecule has 1 saturated carbocycles. The molecule has 5 rings (SSSR count). The zero-order valence-electron chi connectivity index (χ0n) is 19.0. The fourth-order valence-electron chi connectivity index (χ4n) is 6.05. The van der Waals surface area contributed by atoms with Crippen LogP contribution in [-0.4, -0.2) is 82.8 Å². The Hall–Kier alpha value is -2.96. The molecule has 3 aliphatic heterocycles. The maximum Gasteiger partial charge on any atom is 0.251 e. The number of nitrogens with two attached hydrogens (primary N) is 1. The van der Waals surface area contributed by atoms with Crippen LogP contribution in [0.3, 0.4) is 0 Å². The molecule has 4 fully saturated rings. The van der Waals surface area contributed by atoms with Gasteiger partial charge in [0.1, 0.15) is 6.04 Å². The minimum atomic E-state index is -0.734. The second-order valence-corrected chi connectivity index (χ2v) is 9.78. The van der Waals surface area contributed by atoms with Crippen molar-refractivity contribution in [3.05, 3.63) is 35.4 Å². The second kappa shape index (κ2) is 8.12. The van der Waals surface area contributed by atoms with Crippen molar-refractivity contribution in [1.29, 1.82) is 5.26 Å². The van der Waals surface area contributed by atoms with Crippen molar-refractivity contribution in [3.8, 4) is 6.07 Å². The molecule has 174 valence electrons. The number of benzene rings is 1. The first kappa shape index (κ1) is 21.9. The Morgan fingerprint density at radius 3 is 2.79 bits per heavy atom. The number of carbonyl (C=O) groups is 3. The van der Waals surface area contributed by atoms with E-state index in [1.165, 1.54) is 0 Å². The first-order valence-corrected chi connectivity index (χ1v) is 11.7. The van der Waals surface area contributed by atoms with E-state index < -0.39 is 6.04 Å². The highest BCUT2D eigenvalue weighted by Gasteiger charge is 2.56. The van der Waals surface area contributed by atoms with Crippen LogP contribution < -0.4 is 11.1 Å². The molecule has 3 amide bonds. The topological polar surface area (TPSA) is 123 Å². The normalized spacial score (nSPS) is 31.8. The largest absolute Gasteiger partial charge is 0.355 e. The Bertz CT molecular complexity index is 1040. The van der Waals surface area contributed by atoms with Gasteiger partial charge in [-0.1, -0.05) is 12.1 Å². The van der Waals surface area contributed by atoms with Gasteiger partial charge in [-0.25, -0.2) is 0 Å². The summed E-state index contributed by atoms with van der Waals surface area (Å²) in [6.45, 7) is 2.99. The van der Waals surface area contributed by atoms with Crippen LogP contribution in [0.25, 0.3) is 0 Å². The Kier molecular flexibility index (Phi) is 5.38. The summed E-state index contributed by atoms with van der Waals surface area (Å²) in [5.74, 6) is 0.171. The number of hydrogen-bond acceptors (Lipinski definition) is 6. The average Bonchev–Trinajstić information content (AvgIpc) is 3.15. The van der Waals surface area contributed by atoms with Crippen LogP contribution in [0.15, 0.2) is 24.3 Å². The highest BCUT2D eigenvalue weighted by Crippen LogP contribution is 2.48. The smallest absolute Gasteiger partial charge is 0.251 e. The van der Waals surface area contributed by atoms with E-state index in [9.17, 15) is 19.6 Å². The Balaban J connectivity index is 1.24. The van der Waals surface area contributed by atoms with E-state index >= 15 is 0 Å². The van der Waals surface area contributed by atoms with Crippen molar-refractivity contribution in [2.24, 2.45) is 11.7 Å². The molecule has 7 atom stereocenters. The van der Waals surface area contributed by atoms with Gasteiger partial charge in [0, 0.05) is 37.8 Å². The lowest BCUT2D eigenvalue weighted by molar-refractivity contribution is -0.141. The third-order valence-corrected chi connectivity index (χ3v) is 7.85. The molecule has 1 unspecified atom stereocenters. The van der Waals surface area contributed by atoms with Gasteiger partial charge in [0.25, 0.3) is 5.91 Å². The highest BCUT2D eigenvalue weighted by atomic mass is 16.2. The van der Waals surface area contributed by atoms with Crippen molar-refractivity contribution in [3.63, 3.8) is 0 Å². The third kappa shape index (κ3) is 3.58. The van der Waals surface area contributed by atoms with Gasteiger partial charge in [-0.05, 0) is 49.8 Å². The summed E-state index contributed by atoms with van der Waals surface area (Å²) in [5.41, 5.74) is 7.78. The predicted octanol–water partition coefficient (Wildman–Crippen LogP) is 0.233. The van der Waals surface area contributed by atoms with Crippen LogP contribution in [0, 0.1) is 17.2 Å². The average molecular weight is 451 g/mol. The van der Waals surface area contributed by atoms with Gasteiger partial charge in [0.15, 0.2) is 0 Å². The molecule has 1 aliphatic carbocycles. The van der Waals surface area contributed by atoms with Gasteiger partial charge in [-0.3, -0.25) is 19.3 Å². The maximum absolute atomic E-state index is 13.3. The van der Waals surface area contributed by atoms with E-state index in [-0.39, 0.29) is 47.9 Å². The molecule has 3 heterocycles. The lowest BCUT2D eigenvalue weighted by Gasteiger charge is -2.38. The lowest BCUT2D eigenvalue weighted by Crippen LogP contribution is -2.57. The van der Waals surface area contributed by atoms with Gasteiger partial charge in [0.05, 0.1) is 24.2 Å². The fourth-order valence-corrected chi connectivity index (χ4v) is 6.05. The molecule has 2 bridgehead atoms. The number of nitriles is 1. The monoisotopic (exact) mass is 450 g/mol. The van der Waals surface area contributed by atoms with E-state index in [1.807, 2.05) is 34.9 Å². The summed E-state index contributed by atoms with van der Waals surface area (Å²) in [7, 11) is 1.60. The van der Waals surface area contributed by atoms with Crippen molar-refractivity contribution in [1.82, 2.24) is 20.0 Å². The molecule has 9 heteroatoms. The van der Waals surface area contributed by atoms with E-state index in [0.29, 0.717) is 31.0 Å². The summed E-state index contributed by atoms with van der Waals surface area (Å²) in [5, 5.41) is 12.0. The first-order valence-electron chi connectivity index (χ1n) is 11.7. The molecular formula is C24H30N6O3. The first-order chi connectivity index (χ1) is 15.8. The molecule has 1 aromatic rings. The SMILES string of the molecule is CNC(=O)c1cccc([C@H](C)N2C(=O)[C@H]3CC2CN3C[C@H](N)C(=O)N2[C@H](C#N)C[C@@H]3C[C@@H]32)c1. The van der Waals surface area contributed by atoms with Crippen molar-refractivity contribution in [2.75, 3.05) is 20.1 Å². The Morgan fingerprint density at radius 1 is 1.30 bits per heavy atom. The maximum atomic E-state index is 13.3. The number of rotatable bonds is 6. The number of piperazine rings is 1. The third-order valence-electron chi connectivity index (χ3n) is 7.85. The molecule has 9 nitrogen and oxygen atoms in total. The number of fused-ring (bicyclic) bond motifs is 3. The zero-order chi connectivity index (χ0) is 23.4. The predicted molar refractivity (Wildman–Crippen MR) is 120 cm³/mol. The van der Waals surface area contributed by atoms with E-state index in [2.05, 4.69) is 11.4 Å². The van der Waals surface area contributed by atoms with Crippen LogP contribution in [0.1, 0.15) is 48.1 Å². The molecule has 0 spiro atoms. The Labute approximate surface area is 193 Å². The molecule has 3 N–H and O–H groups in total. The molecule has 0 radical (unpaired) electrons. The quantitative estimate of drug-likeness (QED) is 0.640. The lowest BCUT2D eigenvalue weighted by atomic mass is 10.0. The van der Waals surface area contributed by atoms with Gasteiger partial charge in [-0.15, -0.1) is 0 Å². The summed E-state index contributed by atoms with van der Waals surface area (Å²) in [6.07, 6.45) is 2.44. The number of amides is 3. The number of carbonyl (C=O) groups excluding carboxylic acids is 3. The van der Waals surface area contributed by atoms with Crippen molar-refractivity contribution in [2.45, 2.75) is 62.4 Å². The molecule has 4 aliphatic rings. The van der Waals surface area contributed by atoms with E-state index in [1.54, 1.807) is 18.0 Å². The number of nitrogens with one attached hydrogen (secondary N) is 1. The minimum absolute atomic E-state index is 0.0436. The summed E-state index contributed by atoms with van der Waals surface area (Å²) >= 11 is 0. The van der Waals surface area contributed by atoms with Gasteiger partial charge < -0.3 is 20.9 Å². The summed E-state index contributed by atoms with van der Waals surface area (Å²) in [4.78, 5) is 43.9. The van der Waals surface area contributed by atoms with Gasteiger partial charge in [0.2, 0.25) is 11.8 Å². The number of likely N-dealkylation sites (tertiary alicyclic amines) is 3. The van der Waals surface area contributed by atoms with Crippen LogP contribution >= 0.6 is 0 Å². The second-order valence-electron chi connectivity index (χ2n) is 9.78. The number of hydrogen-bond donors (Lipinski definition) is 2. The molecule has 0 aromatic heterocycles. The van der Waals surface area contributed by atoms with Crippen LogP contribution in [0.4, 0.5) is 0 Å². The van der Waals surface area contributed by atoms with Crippen LogP contribution in [-0.2, 0) is 9.59 Å². The zero-order valence-corrected chi connectivity index (χ0v) is 19.0. The van der Waals surface area contributed by atoms with E-state index in [0.717, 1.165) is 18.4 Å². The molecular weight excluding hydrogens is 420 g/mol. The van der Waals surface area contributed by atoms with Crippen LogP contribution in [0.2, 0.25) is 0 Å². The molecule has 1 aromatic carbocycles. The van der Waals surface area contributed by atoms with Crippen molar-refractivity contribution < 1.29 is 14.4 Å². The van der Waals surface area contributed by atoms with E-state index in [4.69, 9.17) is 5.73 Å². The molecule has 33 heavy (non-hydrogen) atoms. The minimum Gasteiger partial charge on any atom is -0.355 e. The van der Waals surface area contributed by atoms with Crippen molar-refractivity contribution >= 4 is 17.7 Å². The Morgan fingerprint density at radius 2 is 2.09 bits per heavy atom. The van der Waals surface area contributed by atoms with Gasteiger partial charge in [-0.2, -0.15) is 5.26 Å². The number of nitrogens with zero attached hydrogens (tertiary/aromatic N) is 4. The van der Waals surface area contributed by atoms with Gasteiger partial charge >= 0.3 is 0 Å². The summed E-state index contributed by atoms with van der Waals surface area (Å²) < 4.78 is 0. The van der Waals surface area contributed by atoms with Crippen LogP contribution in [0.5, 0.6) is 0 Å². The molecule has 3 saturated heterocycles. The number of piperidine rings is 1. The summed E-state index contributed by atoms with van der Waals surface area (Å²) in [6, 6.07) is 8.30. The standard InChI is InChI=1S/C24H30N6O3/c1-13(14-4-3-5-15(6-14)22(31)27-2)29-18-9-21(24(29)33)28(11-18)12-19(26)23(32)30-17(10-25)7-16-8-20(16)30/h3-6,13,16-21H,7-9,11-12,26H2,1-2H3,(H,27,31)/t13-,16+,17-,18?,19-,20-,21+/m0/s1. The fraction of sp³-hybridized carbons (Fsp3) is 0.583.